The maximum Gasteiger partial charge on any atom is 0.407 e. The number of ether oxygens (including phenoxy) is 1. The Balaban J connectivity index is 1.57. The molecular weight excluding hydrogens is 753 g/mol. The number of nitrogens with zero attached hydrogens (tertiary/aromatic N) is 2. The molecule has 0 fully saturated rings. The third-order valence-electron chi connectivity index (χ3n) is 8.79. The van der Waals surface area contributed by atoms with Gasteiger partial charge in [-0.1, -0.05) is 108 Å². The molecule has 0 radical (unpaired) electrons. The Morgan fingerprint density at radius 2 is 1.58 bits per heavy atom. The molecule has 0 unspecified atom stereocenters. The molecule has 0 aliphatic heterocycles. The molecule has 4 rings (SSSR count). The van der Waals surface area contributed by atoms with Gasteiger partial charge in [-0.2, -0.15) is 0 Å². The van der Waals surface area contributed by atoms with Crippen molar-refractivity contribution in [1.29, 1.82) is 0 Å². The second-order valence-corrected chi connectivity index (χ2v) is 18.9. The van der Waals surface area contributed by atoms with Gasteiger partial charge >= 0.3 is 12.1 Å². The normalized spacial score (nSPS) is 12.6. The zero-order chi connectivity index (χ0) is 41.8. The van der Waals surface area contributed by atoms with Gasteiger partial charge in [0.1, 0.15) is 37.3 Å². The summed E-state index contributed by atoms with van der Waals surface area (Å²) in [4.78, 5) is 71.8. The fourth-order valence-electron chi connectivity index (χ4n) is 6.20. The lowest BCUT2D eigenvalue weighted by atomic mass is 10.0. The number of amides is 4. The largest absolute Gasteiger partial charge is 0.476 e. The summed E-state index contributed by atoms with van der Waals surface area (Å²) in [6.45, 7) is 14.3. The van der Waals surface area contributed by atoms with Crippen molar-refractivity contribution in [3.8, 4) is 0 Å². The SMILES string of the molecule is C=CCOC(=O)NCC(=O)NCc1nc(C(=O)N[C@@H](CC(C)C)C(=O)N[C@@H](CO[Si](c2ccccc2)(c2ccccc2)C(C)(C)C)c2nc(C(=O)O)co2)c(C)o1. The molecule has 304 valence electrons. The maximum atomic E-state index is 14.2. The number of aromatic nitrogens is 2. The van der Waals surface area contributed by atoms with Crippen LogP contribution in [0.4, 0.5) is 4.79 Å². The van der Waals surface area contributed by atoms with Gasteiger partial charge in [0.2, 0.25) is 23.6 Å². The van der Waals surface area contributed by atoms with Crippen LogP contribution in [0.25, 0.3) is 0 Å². The quantitative estimate of drug-likeness (QED) is 0.0675. The number of benzene rings is 2. The fraction of sp³-hybridized carbons (Fsp3) is 0.375. The second kappa shape index (κ2) is 19.7. The van der Waals surface area contributed by atoms with Gasteiger partial charge in [0.25, 0.3) is 14.2 Å². The number of aromatic carboxylic acids is 1. The van der Waals surface area contributed by atoms with Crippen LogP contribution in [0, 0.1) is 12.8 Å². The van der Waals surface area contributed by atoms with Gasteiger partial charge in [-0.15, -0.1) is 0 Å². The van der Waals surface area contributed by atoms with E-state index in [0.29, 0.717) is 0 Å². The van der Waals surface area contributed by atoms with Gasteiger partial charge in [0, 0.05) is 0 Å². The van der Waals surface area contributed by atoms with Crippen LogP contribution >= 0.6 is 0 Å². The minimum atomic E-state index is -3.15. The first-order valence-electron chi connectivity index (χ1n) is 18.3. The second-order valence-electron chi connectivity index (χ2n) is 14.6. The molecule has 0 bridgehead atoms. The number of nitrogens with one attached hydrogen (secondary N) is 4. The van der Waals surface area contributed by atoms with Crippen molar-refractivity contribution in [1.82, 2.24) is 31.2 Å². The zero-order valence-electron chi connectivity index (χ0n) is 32.9. The molecule has 5 N–H and O–H groups in total. The lowest BCUT2D eigenvalue weighted by molar-refractivity contribution is -0.124. The summed E-state index contributed by atoms with van der Waals surface area (Å²) in [5.41, 5.74) is -0.449. The number of hydrogen-bond donors (Lipinski definition) is 5. The van der Waals surface area contributed by atoms with Crippen LogP contribution in [0.15, 0.2) is 88.4 Å². The molecule has 4 amide bonds. The Labute approximate surface area is 332 Å². The highest BCUT2D eigenvalue weighted by molar-refractivity contribution is 6.99. The average molecular weight is 803 g/mol. The van der Waals surface area contributed by atoms with Crippen molar-refractivity contribution >= 4 is 48.5 Å². The van der Waals surface area contributed by atoms with Crippen LogP contribution in [0.1, 0.15) is 85.6 Å². The molecule has 0 aliphatic carbocycles. The van der Waals surface area contributed by atoms with Crippen LogP contribution < -0.4 is 31.6 Å². The number of oxazole rings is 2. The Morgan fingerprint density at radius 3 is 2.12 bits per heavy atom. The van der Waals surface area contributed by atoms with Gasteiger partial charge in [-0.3, -0.25) is 14.4 Å². The van der Waals surface area contributed by atoms with Gasteiger partial charge in [0.15, 0.2) is 11.4 Å². The molecule has 2 heterocycles. The zero-order valence-corrected chi connectivity index (χ0v) is 33.9. The molecule has 4 aromatic rings. The number of aryl methyl sites for hydroxylation is 1. The first kappa shape index (κ1) is 43.7. The van der Waals surface area contributed by atoms with Gasteiger partial charge in [0.05, 0.1) is 13.2 Å². The predicted octanol–water partition coefficient (Wildman–Crippen LogP) is 3.78. The van der Waals surface area contributed by atoms with E-state index in [2.05, 4.69) is 58.6 Å². The third kappa shape index (κ3) is 11.5. The van der Waals surface area contributed by atoms with Crippen molar-refractivity contribution in [2.75, 3.05) is 19.8 Å². The summed E-state index contributed by atoms with van der Waals surface area (Å²) in [5.74, 6) is -3.16. The molecule has 57 heavy (non-hydrogen) atoms. The minimum absolute atomic E-state index is 0.0135. The number of carboxylic acid groups (broad SMARTS) is 1. The van der Waals surface area contributed by atoms with Crippen LogP contribution in [-0.4, -0.2) is 79.0 Å². The van der Waals surface area contributed by atoms with Crippen LogP contribution in [0.3, 0.4) is 0 Å². The Morgan fingerprint density at radius 1 is 0.947 bits per heavy atom. The van der Waals surface area contributed by atoms with E-state index in [1.54, 1.807) is 0 Å². The highest BCUT2D eigenvalue weighted by Gasteiger charge is 2.50. The molecule has 16 nitrogen and oxygen atoms in total. The predicted molar refractivity (Wildman–Crippen MR) is 211 cm³/mol. The number of carboxylic acids is 1. The smallest absolute Gasteiger partial charge is 0.407 e. The van der Waals surface area contributed by atoms with E-state index in [1.165, 1.54) is 13.0 Å². The van der Waals surface area contributed by atoms with E-state index in [0.717, 1.165) is 16.6 Å². The molecule has 0 spiro atoms. The molecule has 2 atom stereocenters. The molecule has 17 heteroatoms. The highest BCUT2D eigenvalue weighted by Crippen LogP contribution is 2.37. The monoisotopic (exact) mass is 802 g/mol. The Hall–Kier alpha value is -6.07. The standard InChI is InChI=1S/C40H50N6O10Si/c1-8-19-53-39(52)42-21-32(47)41-22-33-46-34(26(4)56-33)36(49)43-29(20-25(2)3)35(48)44-30(37-45-31(23-54-37)38(50)51)24-55-57(40(5,6)7,27-15-11-9-12-16-27)28-17-13-10-14-18-28/h8-18,23,25,29-30H,1,19-22,24H2,2-7H3,(H,41,47)(H,42,52)(H,43,49)(H,44,48)(H,50,51)/t29-,30-/m0/s1. The number of carbonyl (C=O) groups is 5. The number of rotatable bonds is 19. The number of hydrogen-bond acceptors (Lipinski definition) is 11. The van der Waals surface area contributed by atoms with Crippen molar-refractivity contribution in [2.24, 2.45) is 5.92 Å². The van der Waals surface area contributed by atoms with E-state index >= 15 is 0 Å². The van der Waals surface area contributed by atoms with E-state index in [-0.39, 0.29) is 67.6 Å². The third-order valence-corrected chi connectivity index (χ3v) is 13.8. The number of alkyl carbamates (subject to hydrolysis) is 1. The summed E-state index contributed by atoms with van der Waals surface area (Å²) in [6.07, 6.45) is 1.80. The molecule has 0 aliphatic rings. The van der Waals surface area contributed by atoms with Crippen LogP contribution in [0.2, 0.25) is 5.04 Å². The highest BCUT2D eigenvalue weighted by atomic mass is 28.4. The fourth-order valence-corrected chi connectivity index (χ4v) is 10.8. The Bertz CT molecular complexity index is 1970. The lowest BCUT2D eigenvalue weighted by Crippen LogP contribution is -2.67. The van der Waals surface area contributed by atoms with Gasteiger partial charge in [-0.25, -0.2) is 19.6 Å². The molecular formula is C40H50N6O10Si. The average Bonchev–Trinajstić information content (AvgIpc) is 3.82. The first-order valence-corrected chi connectivity index (χ1v) is 20.3. The lowest BCUT2D eigenvalue weighted by Gasteiger charge is -2.43. The Kier molecular flexibility index (Phi) is 15.1. The molecule has 0 saturated carbocycles. The molecule has 2 aromatic carbocycles. The van der Waals surface area contributed by atoms with Crippen molar-refractivity contribution in [2.45, 2.75) is 71.6 Å². The summed E-state index contributed by atoms with van der Waals surface area (Å²) in [6, 6.07) is 17.6. The van der Waals surface area contributed by atoms with Gasteiger partial charge < -0.3 is 44.4 Å². The maximum absolute atomic E-state index is 14.2. The summed E-state index contributed by atoms with van der Waals surface area (Å²) in [5, 5.41) is 21.7. The summed E-state index contributed by atoms with van der Waals surface area (Å²) < 4.78 is 23.1. The van der Waals surface area contributed by atoms with Gasteiger partial charge in [-0.05, 0) is 34.7 Å². The summed E-state index contributed by atoms with van der Waals surface area (Å²) >= 11 is 0. The van der Waals surface area contributed by atoms with E-state index < -0.39 is 55.2 Å². The van der Waals surface area contributed by atoms with Crippen molar-refractivity contribution in [3.05, 3.63) is 109 Å². The van der Waals surface area contributed by atoms with Crippen LogP contribution in [-0.2, 0) is 25.3 Å². The molecule has 2 aromatic heterocycles. The van der Waals surface area contributed by atoms with E-state index in [1.807, 2.05) is 74.5 Å². The molecule has 0 saturated heterocycles. The topological polar surface area (TPSA) is 224 Å². The van der Waals surface area contributed by atoms with E-state index in [9.17, 15) is 29.1 Å². The van der Waals surface area contributed by atoms with Crippen LogP contribution in [0.5, 0.6) is 0 Å². The summed E-state index contributed by atoms with van der Waals surface area (Å²) in [7, 11) is -3.15. The van der Waals surface area contributed by atoms with Crippen molar-refractivity contribution in [3.63, 3.8) is 0 Å². The first-order chi connectivity index (χ1) is 27.0. The van der Waals surface area contributed by atoms with E-state index in [4.69, 9.17) is 18.0 Å². The van der Waals surface area contributed by atoms with Crippen molar-refractivity contribution < 1.29 is 47.1 Å². The number of carbonyl (C=O) groups excluding carboxylic acids is 4. The minimum Gasteiger partial charge on any atom is -0.476 e.